The lowest BCUT2D eigenvalue weighted by molar-refractivity contribution is 0.299. The van der Waals surface area contributed by atoms with Crippen molar-refractivity contribution in [3.63, 3.8) is 0 Å². The van der Waals surface area contributed by atoms with Crippen molar-refractivity contribution in [1.29, 1.82) is 0 Å². The fraction of sp³-hybridized carbons (Fsp3) is 0.500. The molecule has 2 heteroatoms. The first kappa shape index (κ1) is 13.1. The van der Waals surface area contributed by atoms with Gasteiger partial charge >= 0.3 is 0 Å². The molecule has 0 saturated heterocycles. The van der Waals surface area contributed by atoms with Crippen LogP contribution in [-0.2, 0) is 4.74 Å². The van der Waals surface area contributed by atoms with Crippen molar-refractivity contribution < 1.29 is 4.74 Å². The highest BCUT2D eigenvalue weighted by atomic mass is 28.3. The van der Waals surface area contributed by atoms with Gasteiger partial charge in [-0.25, -0.2) is 0 Å². The highest BCUT2D eigenvalue weighted by Gasteiger charge is 2.08. The average molecular weight is 208 g/mol. The third kappa shape index (κ3) is 4.93. The van der Waals surface area contributed by atoms with Crippen LogP contribution in [0.4, 0.5) is 0 Å². The zero-order valence-corrected chi connectivity index (χ0v) is 11.1. The lowest BCUT2D eigenvalue weighted by Gasteiger charge is -2.08. The van der Waals surface area contributed by atoms with Crippen LogP contribution < -0.4 is 0 Å². The molecule has 0 spiro atoms. The van der Waals surface area contributed by atoms with Crippen LogP contribution >= 0.6 is 0 Å². The predicted octanol–water partition coefficient (Wildman–Crippen LogP) is 3.36. The van der Waals surface area contributed by atoms with Gasteiger partial charge < -0.3 is 4.74 Å². The Morgan fingerprint density at radius 3 is 2.00 bits per heavy atom. The molecule has 0 unspecified atom stereocenters. The second kappa shape index (κ2) is 5.07. The molecule has 78 valence electrons. The van der Waals surface area contributed by atoms with Crippen LogP contribution in [-0.4, -0.2) is 15.2 Å². The summed E-state index contributed by atoms with van der Waals surface area (Å²) in [6.45, 7) is 14.5. The Morgan fingerprint density at radius 2 is 1.71 bits per heavy atom. The largest absolute Gasteiger partial charge is 0.496 e. The van der Waals surface area contributed by atoms with Gasteiger partial charge in [0.2, 0.25) is 0 Å². The Hall–Kier alpha value is -0.943. The number of hydrogen-bond donors (Lipinski definition) is 0. The van der Waals surface area contributed by atoms with Gasteiger partial charge in [-0.2, -0.15) is 0 Å². The van der Waals surface area contributed by atoms with Crippen LogP contribution in [0.15, 0.2) is 23.5 Å². The third-order valence-corrected chi connectivity index (χ3v) is 2.40. The molecule has 0 amide bonds. The molecule has 0 fully saturated rings. The van der Waals surface area contributed by atoms with Crippen LogP contribution in [0.5, 0.6) is 0 Å². The predicted molar refractivity (Wildman–Crippen MR) is 65.6 cm³/mol. The Morgan fingerprint density at radius 1 is 1.21 bits per heavy atom. The third-order valence-electron chi connectivity index (χ3n) is 1.52. The topological polar surface area (TPSA) is 9.23 Å². The molecule has 0 aromatic carbocycles. The smallest absolute Gasteiger partial charge is 0.132 e. The number of ether oxygens (including phenoxy) is 1. The summed E-state index contributed by atoms with van der Waals surface area (Å²) in [7, 11) is 0.343. The van der Waals surface area contributed by atoms with Crippen LogP contribution in [0, 0.1) is 11.5 Å². The van der Waals surface area contributed by atoms with Crippen molar-refractivity contribution in [3.8, 4) is 11.5 Å². The van der Waals surface area contributed by atoms with E-state index in [0.717, 1.165) is 16.9 Å². The van der Waals surface area contributed by atoms with Gasteiger partial charge in [-0.3, -0.25) is 0 Å². The fourth-order valence-electron chi connectivity index (χ4n) is 0.949. The van der Waals surface area contributed by atoms with Crippen LogP contribution in [0.25, 0.3) is 0 Å². The monoisotopic (exact) mass is 208 g/mol. The Labute approximate surface area is 88.9 Å². The molecule has 0 aromatic heterocycles. The number of allylic oxidation sites excluding steroid dienone is 2. The molecule has 0 aliphatic rings. The molecule has 0 heterocycles. The zero-order chi connectivity index (χ0) is 11.4. The van der Waals surface area contributed by atoms with Gasteiger partial charge in [0.05, 0.1) is 12.7 Å². The Balaban J connectivity index is 4.80. The van der Waals surface area contributed by atoms with Gasteiger partial charge in [-0.15, -0.1) is 5.54 Å². The molecule has 0 saturated carbocycles. The van der Waals surface area contributed by atoms with Crippen LogP contribution in [0.2, 0.25) is 19.6 Å². The fourth-order valence-corrected chi connectivity index (χ4v) is 1.47. The summed E-state index contributed by atoms with van der Waals surface area (Å²) in [4.78, 5) is 0. The molecule has 0 atom stereocenters. The summed E-state index contributed by atoms with van der Waals surface area (Å²) in [5.74, 6) is 3.90. The van der Waals surface area contributed by atoms with E-state index in [1.807, 2.05) is 13.8 Å². The van der Waals surface area contributed by atoms with Gasteiger partial charge in [0.25, 0.3) is 0 Å². The summed E-state index contributed by atoms with van der Waals surface area (Å²) in [6, 6.07) is 0. The lowest BCUT2D eigenvalue weighted by Crippen LogP contribution is -2.16. The molecule has 0 rings (SSSR count). The van der Waals surface area contributed by atoms with E-state index in [4.69, 9.17) is 4.74 Å². The van der Waals surface area contributed by atoms with E-state index >= 15 is 0 Å². The maximum atomic E-state index is 5.23. The van der Waals surface area contributed by atoms with Crippen molar-refractivity contribution >= 4 is 8.07 Å². The number of rotatable bonds is 2. The average Bonchev–Trinajstić information content (AvgIpc) is 2.00. The van der Waals surface area contributed by atoms with Gasteiger partial charge in [-0.1, -0.05) is 32.1 Å². The van der Waals surface area contributed by atoms with Crippen molar-refractivity contribution in [2.24, 2.45) is 0 Å². The molecule has 1 nitrogen and oxygen atoms in total. The van der Waals surface area contributed by atoms with E-state index in [9.17, 15) is 0 Å². The number of hydrogen-bond acceptors (Lipinski definition) is 1. The molecule has 0 aromatic rings. The normalized spacial score (nSPS) is 9.86. The SMILES string of the molecule is C=C(C#C[Si](C)(C)C)C(OC)=C(C)C. The molecule has 0 aliphatic carbocycles. The summed E-state index contributed by atoms with van der Waals surface area (Å²) >= 11 is 0. The maximum Gasteiger partial charge on any atom is 0.132 e. The first-order valence-electron chi connectivity index (χ1n) is 4.72. The van der Waals surface area contributed by atoms with Crippen LogP contribution in [0.3, 0.4) is 0 Å². The molecular weight excluding hydrogens is 188 g/mol. The van der Waals surface area contributed by atoms with Crippen molar-refractivity contribution in [2.75, 3.05) is 7.11 Å². The summed E-state index contributed by atoms with van der Waals surface area (Å²) in [5, 5.41) is 0. The summed E-state index contributed by atoms with van der Waals surface area (Å²) in [5.41, 5.74) is 5.17. The van der Waals surface area contributed by atoms with E-state index in [0.29, 0.717) is 0 Å². The van der Waals surface area contributed by atoms with Crippen molar-refractivity contribution in [2.45, 2.75) is 33.5 Å². The Bertz CT molecular complexity index is 303. The minimum absolute atomic E-state index is 0.787. The summed E-state index contributed by atoms with van der Waals surface area (Å²) in [6.07, 6.45) is 0. The van der Waals surface area contributed by atoms with E-state index in [1.54, 1.807) is 7.11 Å². The van der Waals surface area contributed by atoms with Gasteiger partial charge in [0.1, 0.15) is 13.8 Å². The highest BCUT2D eigenvalue weighted by molar-refractivity contribution is 6.83. The molecular formula is C12H20OSi. The standard InChI is InChI=1S/C12H20OSi/c1-10(2)12(13-4)11(3)8-9-14(5,6)7/h3H2,1-2,4-7H3. The highest BCUT2D eigenvalue weighted by Crippen LogP contribution is 2.13. The van der Waals surface area contributed by atoms with E-state index in [1.165, 1.54) is 0 Å². The molecule has 14 heavy (non-hydrogen) atoms. The van der Waals surface area contributed by atoms with Crippen molar-refractivity contribution in [1.82, 2.24) is 0 Å². The quantitative estimate of drug-likeness (QED) is 0.293. The minimum Gasteiger partial charge on any atom is -0.496 e. The minimum atomic E-state index is -1.31. The molecule has 0 bridgehead atoms. The number of methoxy groups -OCH3 is 1. The van der Waals surface area contributed by atoms with Crippen molar-refractivity contribution in [3.05, 3.63) is 23.5 Å². The molecule has 0 aliphatic heterocycles. The van der Waals surface area contributed by atoms with E-state index < -0.39 is 8.07 Å². The summed E-state index contributed by atoms with van der Waals surface area (Å²) < 4.78 is 5.23. The second-order valence-electron chi connectivity index (χ2n) is 4.51. The molecule has 0 N–H and O–H groups in total. The van der Waals surface area contributed by atoms with Gasteiger partial charge in [0.15, 0.2) is 0 Å². The first-order valence-corrected chi connectivity index (χ1v) is 8.22. The second-order valence-corrected chi connectivity index (χ2v) is 9.26. The lowest BCUT2D eigenvalue weighted by atomic mass is 10.2. The van der Waals surface area contributed by atoms with Crippen LogP contribution in [0.1, 0.15) is 13.8 Å². The maximum absolute atomic E-state index is 5.23. The van der Waals surface area contributed by atoms with Gasteiger partial charge in [-0.05, 0) is 19.4 Å². The zero-order valence-electron chi connectivity index (χ0n) is 10.1. The Kier molecular flexibility index (Phi) is 4.73. The van der Waals surface area contributed by atoms with E-state index in [-0.39, 0.29) is 0 Å². The van der Waals surface area contributed by atoms with E-state index in [2.05, 4.69) is 37.7 Å². The van der Waals surface area contributed by atoms with Gasteiger partial charge in [0, 0.05) is 0 Å². The molecule has 0 radical (unpaired) electrons. The first-order chi connectivity index (χ1) is 6.28.